The minimum Gasteiger partial charge on any atom is -1.00 e. The summed E-state index contributed by atoms with van der Waals surface area (Å²) >= 11 is 0. The first kappa shape index (κ1) is 24.9. The van der Waals surface area contributed by atoms with E-state index < -0.39 is 7.26 Å². The minimum atomic E-state index is -0.927. The van der Waals surface area contributed by atoms with Gasteiger partial charge in [0, 0.05) is 14.2 Å². The van der Waals surface area contributed by atoms with Gasteiger partial charge in [-0.25, -0.2) is 0 Å². The third-order valence-corrected chi connectivity index (χ3v) is 14.7. The van der Waals surface area contributed by atoms with E-state index in [0.717, 1.165) is 23.4 Å². The zero-order chi connectivity index (χ0) is 19.0. The summed E-state index contributed by atoms with van der Waals surface area (Å²) in [4.78, 5) is 11.1. The van der Waals surface area contributed by atoms with Gasteiger partial charge in [0.05, 0.1) is 29.7 Å². The number of carbonyl (C=O) groups is 1. The van der Waals surface area contributed by atoms with Gasteiger partial charge in [-0.2, -0.15) is 0 Å². The first-order chi connectivity index (χ1) is 13.2. The van der Waals surface area contributed by atoms with Gasteiger partial charge in [-0.05, 0) is 89.9 Å². The lowest BCUT2D eigenvalue weighted by Crippen LogP contribution is -3.00. The maximum Gasteiger partial charge on any atom is 0.302 e. The monoisotopic (exact) mass is 522 g/mol. The molecule has 0 amide bonds. The zero-order valence-electron chi connectivity index (χ0n) is 18.3. The highest BCUT2D eigenvalue weighted by Crippen LogP contribution is 2.77. The van der Waals surface area contributed by atoms with Crippen LogP contribution in [-0.2, 0) is 9.53 Å². The number of hydrogen-bond donors (Lipinski definition) is 0. The molecule has 3 aliphatic rings. The minimum absolute atomic E-state index is 0. The summed E-state index contributed by atoms with van der Waals surface area (Å²) < 4.78 is 5.27. The van der Waals surface area contributed by atoms with Gasteiger partial charge >= 0.3 is 5.97 Å². The molecule has 0 aliphatic heterocycles. The van der Waals surface area contributed by atoms with Crippen molar-refractivity contribution in [2.24, 2.45) is 0 Å². The number of hydrogen-bond acceptors (Lipinski definition) is 2. The molecule has 0 aromatic heterocycles. The van der Waals surface area contributed by atoms with Crippen LogP contribution in [0.5, 0.6) is 0 Å². The van der Waals surface area contributed by atoms with Gasteiger partial charge in [0.1, 0.15) is 0 Å². The number of carbonyl (C=O) groups excluding carboxylic acids is 1. The molecule has 4 heteroatoms. The van der Waals surface area contributed by atoms with Gasteiger partial charge in [-0.3, -0.25) is 4.79 Å². The second-order valence-electron chi connectivity index (χ2n) is 9.64. The number of unbranched alkanes of at least 4 members (excludes halogenated alkanes) is 1. The van der Waals surface area contributed by atoms with E-state index in [1.807, 2.05) is 0 Å². The summed E-state index contributed by atoms with van der Waals surface area (Å²) in [5.74, 6) is -0.108. The second-order valence-corrected chi connectivity index (χ2v) is 14.3. The highest BCUT2D eigenvalue weighted by molar-refractivity contribution is 7.77. The molecule has 0 atom stereocenters. The quantitative estimate of drug-likeness (QED) is 0.205. The van der Waals surface area contributed by atoms with Crippen LogP contribution in [0.25, 0.3) is 0 Å². The van der Waals surface area contributed by atoms with Crippen molar-refractivity contribution in [3.8, 4) is 0 Å². The molecule has 3 aliphatic carbocycles. The molecular weight excluding hydrogens is 478 g/mol. The predicted molar refractivity (Wildman–Crippen MR) is 118 cm³/mol. The first-order valence-corrected chi connectivity index (χ1v) is 14.4. The maximum absolute atomic E-state index is 11.1. The van der Waals surface area contributed by atoms with Gasteiger partial charge in [-0.1, -0.05) is 19.3 Å². The van der Waals surface area contributed by atoms with Crippen LogP contribution in [0.2, 0.25) is 0 Å². The van der Waals surface area contributed by atoms with Gasteiger partial charge in [0.15, 0.2) is 0 Å². The molecule has 0 N–H and O–H groups in total. The number of ether oxygens (including phenoxy) is 1. The Morgan fingerprint density at radius 1 is 0.714 bits per heavy atom. The standard InChI is InChI=1S/C24H44O2P.HI/c1-21(25)26-19-11-12-20-27(22-13-5-2-6-14-22,23-15-7-3-8-16-23)24-17-9-4-10-18-24;/h22-24H,2-20H2,1H3;1H/q+1;/p-1. The van der Waals surface area contributed by atoms with Crippen molar-refractivity contribution in [2.75, 3.05) is 12.8 Å². The Balaban J connectivity index is 0.00000280. The van der Waals surface area contributed by atoms with Crippen LogP contribution in [-0.4, -0.2) is 35.7 Å². The second kappa shape index (κ2) is 13.1. The van der Waals surface area contributed by atoms with Gasteiger partial charge in [0.25, 0.3) is 0 Å². The van der Waals surface area contributed by atoms with Crippen LogP contribution in [0.4, 0.5) is 0 Å². The Hall–Kier alpha value is 0.630. The molecule has 28 heavy (non-hydrogen) atoms. The topological polar surface area (TPSA) is 26.3 Å². The number of esters is 1. The lowest BCUT2D eigenvalue weighted by molar-refractivity contribution is -0.141. The summed E-state index contributed by atoms with van der Waals surface area (Å²) in [6.07, 6.45) is 26.7. The van der Waals surface area contributed by atoms with Crippen LogP contribution >= 0.6 is 7.26 Å². The lowest BCUT2D eigenvalue weighted by Gasteiger charge is -2.49. The number of halogens is 1. The molecule has 0 unspecified atom stereocenters. The van der Waals surface area contributed by atoms with Crippen molar-refractivity contribution in [3.63, 3.8) is 0 Å². The maximum atomic E-state index is 11.1. The largest absolute Gasteiger partial charge is 1.00 e. The third-order valence-electron chi connectivity index (χ3n) is 8.01. The van der Waals surface area contributed by atoms with Crippen LogP contribution in [0.1, 0.15) is 116 Å². The zero-order valence-corrected chi connectivity index (χ0v) is 21.4. The fourth-order valence-corrected chi connectivity index (χ4v) is 14.5. The summed E-state index contributed by atoms with van der Waals surface area (Å²) in [6.45, 7) is 2.19. The van der Waals surface area contributed by atoms with Crippen molar-refractivity contribution in [1.29, 1.82) is 0 Å². The van der Waals surface area contributed by atoms with E-state index >= 15 is 0 Å². The molecule has 3 saturated carbocycles. The Kier molecular flexibility index (Phi) is 11.7. The Labute approximate surface area is 192 Å². The fourth-order valence-electron chi connectivity index (χ4n) is 6.83. The van der Waals surface area contributed by atoms with Gasteiger partial charge < -0.3 is 28.7 Å². The van der Waals surface area contributed by atoms with E-state index in [4.69, 9.17) is 4.74 Å². The summed E-state index contributed by atoms with van der Waals surface area (Å²) in [6, 6.07) is 0. The fraction of sp³-hybridized carbons (Fsp3) is 0.958. The Morgan fingerprint density at radius 2 is 1.11 bits per heavy atom. The smallest absolute Gasteiger partial charge is 0.302 e. The van der Waals surface area contributed by atoms with Crippen LogP contribution < -0.4 is 24.0 Å². The van der Waals surface area contributed by atoms with Crippen LogP contribution in [0.15, 0.2) is 0 Å². The Bertz CT molecular complexity index is 392. The average molecular weight is 522 g/mol. The van der Waals surface area contributed by atoms with Crippen molar-refractivity contribution in [3.05, 3.63) is 0 Å². The summed E-state index contributed by atoms with van der Waals surface area (Å²) in [5, 5.41) is 0. The van der Waals surface area contributed by atoms with E-state index in [0.29, 0.717) is 6.61 Å². The van der Waals surface area contributed by atoms with Gasteiger partial charge in [-0.15, -0.1) is 0 Å². The van der Waals surface area contributed by atoms with E-state index in [-0.39, 0.29) is 29.9 Å². The van der Waals surface area contributed by atoms with E-state index in [1.165, 1.54) is 70.4 Å². The highest BCUT2D eigenvalue weighted by atomic mass is 127. The Morgan fingerprint density at radius 3 is 1.46 bits per heavy atom. The van der Waals surface area contributed by atoms with Crippen LogP contribution in [0.3, 0.4) is 0 Å². The molecule has 164 valence electrons. The van der Waals surface area contributed by atoms with Gasteiger partial charge in [0.2, 0.25) is 0 Å². The SMILES string of the molecule is CC(=O)OCCCC[P+](C1CCCCC1)(C1CCCCC1)C1CCCCC1.[I-]. The lowest BCUT2D eigenvalue weighted by atomic mass is 9.99. The first-order valence-electron chi connectivity index (χ1n) is 12.2. The van der Waals surface area contributed by atoms with E-state index in [1.54, 1.807) is 45.4 Å². The van der Waals surface area contributed by atoms with E-state index in [9.17, 15) is 4.79 Å². The summed E-state index contributed by atoms with van der Waals surface area (Å²) in [5.41, 5.74) is 3.27. The molecule has 0 radical (unpaired) electrons. The molecule has 0 bridgehead atoms. The molecule has 0 aromatic rings. The molecule has 3 fully saturated rings. The predicted octanol–water partition coefficient (Wildman–Crippen LogP) is 4.35. The van der Waals surface area contributed by atoms with Crippen molar-refractivity contribution < 1.29 is 33.5 Å². The normalized spacial score (nSPS) is 23.2. The highest BCUT2D eigenvalue weighted by Gasteiger charge is 2.56. The number of rotatable bonds is 8. The molecule has 2 nitrogen and oxygen atoms in total. The molecule has 0 aromatic carbocycles. The van der Waals surface area contributed by atoms with Crippen molar-refractivity contribution in [2.45, 2.75) is 133 Å². The molecular formula is C24H44IO2P. The van der Waals surface area contributed by atoms with Crippen molar-refractivity contribution >= 4 is 13.2 Å². The molecule has 3 rings (SSSR count). The van der Waals surface area contributed by atoms with E-state index in [2.05, 4.69) is 0 Å². The molecule has 0 saturated heterocycles. The summed E-state index contributed by atoms with van der Waals surface area (Å²) in [7, 11) is -0.927. The van der Waals surface area contributed by atoms with Crippen LogP contribution in [0, 0.1) is 0 Å². The average Bonchev–Trinajstić information content (AvgIpc) is 2.73. The molecule has 0 heterocycles. The van der Waals surface area contributed by atoms with Crippen molar-refractivity contribution in [1.82, 2.24) is 0 Å². The third kappa shape index (κ3) is 6.56. The molecule has 0 spiro atoms.